The molecule has 1 aromatic rings. The lowest BCUT2D eigenvalue weighted by Crippen LogP contribution is -2.45. The van der Waals surface area contributed by atoms with Crippen molar-refractivity contribution in [3.8, 4) is 5.75 Å². The highest BCUT2D eigenvalue weighted by atomic mass is 16.5. The number of hydrogen-bond donors (Lipinski definition) is 0. The summed E-state index contributed by atoms with van der Waals surface area (Å²) in [7, 11) is 3.05. The first kappa shape index (κ1) is 20.0. The fourth-order valence-electron chi connectivity index (χ4n) is 3.18. The third-order valence-corrected chi connectivity index (χ3v) is 4.69. The van der Waals surface area contributed by atoms with Gasteiger partial charge in [-0.05, 0) is 30.5 Å². The largest absolute Gasteiger partial charge is 0.497 e. The molecule has 26 heavy (non-hydrogen) atoms. The van der Waals surface area contributed by atoms with E-state index in [1.807, 2.05) is 29.2 Å². The van der Waals surface area contributed by atoms with Gasteiger partial charge in [-0.2, -0.15) is 0 Å². The number of piperidine rings is 1. The van der Waals surface area contributed by atoms with Crippen LogP contribution in [0.15, 0.2) is 36.9 Å². The Kier molecular flexibility index (Phi) is 7.66. The number of amides is 1. The first-order valence-electron chi connectivity index (χ1n) is 8.89. The molecule has 1 saturated heterocycles. The maximum absolute atomic E-state index is 12.6. The van der Waals surface area contributed by atoms with Crippen molar-refractivity contribution in [2.75, 3.05) is 40.4 Å². The van der Waals surface area contributed by atoms with Crippen LogP contribution >= 0.6 is 0 Å². The topological polar surface area (TPSA) is 59.1 Å². The lowest BCUT2D eigenvalue weighted by Gasteiger charge is -2.32. The molecule has 6 heteroatoms. The summed E-state index contributed by atoms with van der Waals surface area (Å²) in [4.78, 5) is 28.1. The van der Waals surface area contributed by atoms with Crippen LogP contribution in [0.3, 0.4) is 0 Å². The van der Waals surface area contributed by atoms with Crippen molar-refractivity contribution >= 4 is 11.9 Å². The van der Waals surface area contributed by atoms with Crippen LogP contribution in [-0.4, -0.2) is 62.1 Å². The van der Waals surface area contributed by atoms with Crippen molar-refractivity contribution in [2.45, 2.75) is 19.4 Å². The first-order valence-corrected chi connectivity index (χ1v) is 8.89. The number of esters is 1. The van der Waals surface area contributed by atoms with Crippen molar-refractivity contribution < 1.29 is 19.1 Å². The molecule has 1 fully saturated rings. The number of rotatable bonds is 8. The van der Waals surface area contributed by atoms with Gasteiger partial charge in [0, 0.05) is 26.2 Å². The van der Waals surface area contributed by atoms with Gasteiger partial charge in [-0.1, -0.05) is 18.2 Å². The van der Waals surface area contributed by atoms with Crippen molar-refractivity contribution in [3.63, 3.8) is 0 Å². The van der Waals surface area contributed by atoms with Crippen molar-refractivity contribution in [3.05, 3.63) is 42.5 Å². The van der Waals surface area contributed by atoms with Crippen LogP contribution in [0.5, 0.6) is 5.75 Å². The van der Waals surface area contributed by atoms with Gasteiger partial charge in [0.2, 0.25) is 5.91 Å². The van der Waals surface area contributed by atoms with Crippen LogP contribution < -0.4 is 4.74 Å². The molecule has 1 amide bonds. The minimum Gasteiger partial charge on any atom is -0.497 e. The predicted molar refractivity (Wildman–Crippen MR) is 99.8 cm³/mol. The van der Waals surface area contributed by atoms with E-state index in [9.17, 15) is 9.59 Å². The third kappa shape index (κ3) is 5.59. The molecule has 0 atom stereocenters. The zero-order valence-electron chi connectivity index (χ0n) is 15.6. The second-order valence-corrected chi connectivity index (χ2v) is 6.48. The van der Waals surface area contributed by atoms with Gasteiger partial charge in [-0.25, -0.2) is 0 Å². The highest BCUT2D eigenvalue weighted by molar-refractivity contribution is 5.79. The van der Waals surface area contributed by atoms with E-state index < -0.39 is 0 Å². The van der Waals surface area contributed by atoms with Crippen LogP contribution in [0.2, 0.25) is 0 Å². The van der Waals surface area contributed by atoms with E-state index in [0.717, 1.165) is 11.3 Å². The Balaban J connectivity index is 1.89. The molecular weight excluding hydrogens is 332 g/mol. The molecule has 0 aliphatic carbocycles. The quantitative estimate of drug-likeness (QED) is 0.525. The van der Waals surface area contributed by atoms with Crippen LogP contribution in [0.25, 0.3) is 0 Å². The van der Waals surface area contributed by atoms with E-state index in [2.05, 4.69) is 11.5 Å². The number of carbonyl (C=O) groups excluding carboxylic acids is 2. The number of methoxy groups -OCH3 is 2. The van der Waals surface area contributed by atoms with Crippen molar-refractivity contribution in [2.24, 2.45) is 5.92 Å². The number of benzene rings is 1. The second-order valence-electron chi connectivity index (χ2n) is 6.48. The highest BCUT2D eigenvalue weighted by Crippen LogP contribution is 2.19. The molecule has 0 bridgehead atoms. The summed E-state index contributed by atoms with van der Waals surface area (Å²) >= 11 is 0. The maximum atomic E-state index is 12.6. The molecular formula is C20H28N2O4. The predicted octanol–water partition coefficient (Wildman–Crippen LogP) is 2.09. The minimum absolute atomic E-state index is 0.0867. The molecule has 0 N–H and O–H groups in total. The van der Waals surface area contributed by atoms with E-state index in [1.165, 1.54) is 7.11 Å². The summed E-state index contributed by atoms with van der Waals surface area (Å²) in [5, 5.41) is 0. The molecule has 0 spiro atoms. The molecule has 2 rings (SSSR count). The molecule has 0 unspecified atom stereocenters. The molecule has 1 aliphatic heterocycles. The molecule has 1 heterocycles. The third-order valence-electron chi connectivity index (χ3n) is 4.69. The summed E-state index contributed by atoms with van der Waals surface area (Å²) in [6, 6.07) is 7.84. The van der Waals surface area contributed by atoms with E-state index >= 15 is 0 Å². The molecule has 6 nitrogen and oxygen atoms in total. The Morgan fingerprint density at radius 1 is 1.23 bits per heavy atom. The van der Waals surface area contributed by atoms with Crippen molar-refractivity contribution in [1.29, 1.82) is 0 Å². The highest BCUT2D eigenvalue weighted by Gasteiger charge is 2.28. The van der Waals surface area contributed by atoms with E-state index in [0.29, 0.717) is 45.6 Å². The van der Waals surface area contributed by atoms with Gasteiger partial charge in [0.1, 0.15) is 5.75 Å². The summed E-state index contributed by atoms with van der Waals surface area (Å²) in [6.45, 7) is 6.63. The maximum Gasteiger partial charge on any atom is 0.308 e. The van der Waals surface area contributed by atoms with Gasteiger partial charge in [-0.15, -0.1) is 6.58 Å². The minimum atomic E-state index is -0.176. The number of carbonyl (C=O) groups is 2. The normalized spacial score (nSPS) is 15.0. The van der Waals surface area contributed by atoms with E-state index in [1.54, 1.807) is 13.2 Å². The number of nitrogens with zero attached hydrogens (tertiary/aromatic N) is 2. The zero-order chi connectivity index (χ0) is 18.9. The summed E-state index contributed by atoms with van der Waals surface area (Å²) < 4.78 is 9.97. The number of likely N-dealkylation sites (tertiary alicyclic amines) is 1. The lowest BCUT2D eigenvalue weighted by molar-refractivity contribution is -0.149. The second kappa shape index (κ2) is 9.97. The number of hydrogen-bond acceptors (Lipinski definition) is 5. The SMILES string of the molecule is C=CCN(CC(=O)N1CCC(C(=O)OC)CC1)Cc1ccc(OC)cc1. The molecule has 0 saturated carbocycles. The smallest absolute Gasteiger partial charge is 0.308 e. The Morgan fingerprint density at radius 3 is 2.42 bits per heavy atom. The summed E-state index contributed by atoms with van der Waals surface area (Å²) in [5.74, 6) is 0.634. The fraction of sp³-hybridized carbons (Fsp3) is 0.500. The Bertz CT molecular complexity index is 607. The standard InChI is InChI=1S/C20H28N2O4/c1-4-11-21(14-16-5-7-18(25-2)8-6-16)15-19(23)22-12-9-17(10-13-22)20(24)26-3/h4-8,17H,1,9-15H2,2-3H3. The summed E-state index contributed by atoms with van der Waals surface area (Å²) in [5.41, 5.74) is 1.12. The Morgan fingerprint density at radius 2 is 1.88 bits per heavy atom. The molecule has 142 valence electrons. The van der Waals surface area contributed by atoms with Gasteiger partial charge in [-0.3, -0.25) is 14.5 Å². The van der Waals surface area contributed by atoms with Crippen LogP contribution in [0.4, 0.5) is 0 Å². The molecule has 1 aliphatic rings. The average molecular weight is 360 g/mol. The zero-order valence-corrected chi connectivity index (χ0v) is 15.6. The molecule has 0 radical (unpaired) electrons. The van der Waals surface area contributed by atoms with Crippen LogP contribution in [0, 0.1) is 5.92 Å². The number of ether oxygens (including phenoxy) is 2. The van der Waals surface area contributed by atoms with Crippen molar-refractivity contribution in [1.82, 2.24) is 9.80 Å². The van der Waals surface area contributed by atoms with Gasteiger partial charge in [0.05, 0.1) is 26.7 Å². The lowest BCUT2D eigenvalue weighted by atomic mass is 9.97. The van der Waals surface area contributed by atoms with Gasteiger partial charge < -0.3 is 14.4 Å². The average Bonchev–Trinajstić information content (AvgIpc) is 2.68. The van der Waals surface area contributed by atoms with Crippen LogP contribution in [-0.2, 0) is 20.9 Å². The van der Waals surface area contributed by atoms with Gasteiger partial charge in [0.15, 0.2) is 0 Å². The molecule has 0 aromatic heterocycles. The van der Waals surface area contributed by atoms with Gasteiger partial charge in [0.25, 0.3) is 0 Å². The van der Waals surface area contributed by atoms with Gasteiger partial charge >= 0.3 is 5.97 Å². The first-order chi connectivity index (χ1) is 12.6. The van der Waals surface area contributed by atoms with E-state index in [-0.39, 0.29) is 17.8 Å². The Hall–Kier alpha value is -2.34. The van der Waals surface area contributed by atoms with Crippen LogP contribution in [0.1, 0.15) is 18.4 Å². The molecule has 1 aromatic carbocycles. The monoisotopic (exact) mass is 360 g/mol. The fourth-order valence-corrected chi connectivity index (χ4v) is 3.18. The summed E-state index contributed by atoms with van der Waals surface area (Å²) in [6.07, 6.45) is 3.14. The van der Waals surface area contributed by atoms with E-state index in [4.69, 9.17) is 9.47 Å². The Labute approximate surface area is 155 Å².